The molecule has 0 aromatic heterocycles. The Labute approximate surface area is 85.6 Å². The summed E-state index contributed by atoms with van der Waals surface area (Å²) >= 11 is 0. The van der Waals surface area contributed by atoms with Crippen LogP contribution in [0.3, 0.4) is 0 Å². The molecule has 0 bridgehead atoms. The van der Waals surface area contributed by atoms with E-state index in [1.54, 1.807) is 0 Å². The van der Waals surface area contributed by atoms with Crippen LogP contribution in [-0.4, -0.2) is 18.0 Å². The first kappa shape index (κ1) is 9.94. The molecule has 1 aliphatic heterocycles. The number of hydrogen-bond acceptors (Lipinski definition) is 2. The zero-order chi connectivity index (χ0) is 10.3. The fraction of sp³-hybridized carbons (Fsp3) is 0.667. The largest absolute Gasteiger partial charge is 0.340 e. The van der Waals surface area contributed by atoms with Crippen molar-refractivity contribution in [3.63, 3.8) is 0 Å². The molecule has 0 aromatic rings. The predicted molar refractivity (Wildman–Crippen MR) is 55.9 cm³/mol. The zero-order valence-electron chi connectivity index (χ0n) is 9.28. The van der Waals surface area contributed by atoms with Crippen molar-refractivity contribution in [2.24, 2.45) is 5.92 Å². The zero-order valence-corrected chi connectivity index (χ0v) is 9.28. The first-order chi connectivity index (χ1) is 6.48. The van der Waals surface area contributed by atoms with E-state index in [9.17, 15) is 0 Å². The fourth-order valence-electron chi connectivity index (χ4n) is 1.93. The molecule has 0 aromatic carbocycles. The van der Waals surface area contributed by atoms with Crippen molar-refractivity contribution in [2.45, 2.75) is 45.7 Å². The Hall–Kier alpha value is -0.600. The van der Waals surface area contributed by atoms with Crippen LogP contribution >= 0.6 is 0 Å². The molecule has 0 amide bonds. The molecule has 1 saturated heterocycles. The van der Waals surface area contributed by atoms with Crippen molar-refractivity contribution in [1.82, 2.24) is 0 Å². The Morgan fingerprint density at radius 1 is 1.21 bits per heavy atom. The van der Waals surface area contributed by atoms with Gasteiger partial charge >= 0.3 is 0 Å². The summed E-state index contributed by atoms with van der Waals surface area (Å²) < 4.78 is 11.5. The average molecular weight is 194 g/mol. The van der Waals surface area contributed by atoms with Crippen LogP contribution in [0.4, 0.5) is 0 Å². The molecule has 14 heavy (non-hydrogen) atoms. The van der Waals surface area contributed by atoms with Crippen LogP contribution in [0.2, 0.25) is 0 Å². The molecule has 2 atom stereocenters. The molecule has 2 aliphatic rings. The summed E-state index contributed by atoms with van der Waals surface area (Å²) in [5.74, 6) is 0.113. The lowest BCUT2D eigenvalue weighted by atomic mass is 9.95. The van der Waals surface area contributed by atoms with Gasteiger partial charge in [0.05, 0.1) is 0 Å². The molecule has 0 unspecified atom stereocenters. The molecule has 1 aliphatic carbocycles. The van der Waals surface area contributed by atoms with Gasteiger partial charge in [0.1, 0.15) is 12.2 Å². The van der Waals surface area contributed by atoms with Crippen molar-refractivity contribution < 1.29 is 9.47 Å². The number of allylic oxidation sites excluding steroid dienone is 2. The van der Waals surface area contributed by atoms with Gasteiger partial charge in [-0.3, -0.25) is 0 Å². The van der Waals surface area contributed by atoms with Gasteiger partial charge < -0.3 is 9.47 Å². The number of rotatable bonds is 1. The molecular formula is C12H18O2. The molecule has 0 N–H and O–H groups in total. The minimum Gasteiger partial charge on any atom is -0.340 e. The highest BCUT2D eigenvalue weighted by molar-refractivity contribution is 5.29. The Kier molecular flexibility index (Phi) is 2.28. The van der Waals surface area contributed by atoms with Gasteiger partial charge in [-0.1, -0.05) is 26.0 Å². The van der Waals surface area contributed by atoms with Crippen LogP contribution in [0.5, 0.6) is 0 Å². The quantitative estimate of drug-likeness (QED) is 0.639. The number of hydrogen-bond donors (Lipinski definition) is 0. The van der Waals surface area contributed by atoms with Gasteiger partial charge in [0.15, 0.2) is 5.79 Å². The molecule has 0 spiro atoms. The average Bonchev–Trinajstić information content (AvgIpc) is 2.36. The van der Waals surface area contributed by atoms with Gasteiger partial charge in [0, 0.05) is 0 Å². The third-order valence-electron chi connectivity index (χ3n) is 2.67. The smallest absolute Gasteiger partial charge is 0.164 e. The second-order valence-electron chi connectivity index (χ2n) is 4.75. The van der Waals surface area contributed by atoms with E-state index in [1.807, 2.05) is 13.8 Å². The first-order valence-electron chi connectivity index (χ1n) is 5.23. The van der Waals surface area contributed by atoms with E-state index in [0.29, 0.717) is 5.92 Å². The molecule has 2 rings (SSSR count). The second kappa shape index (κ2) is 3.21. The van der Waals surface area contributed by atoms with Gasteiger partial charge in [0.25, 0.3) is 0 Å². The lowest BCUT2D eigenvalue weighted by Crippen LogP contribution is -2.21. The van der Waals surface area contributed by atoms with Gasteiger partial charge in [-0.15, -0.1) is 0 Å². The summed E-state index contributed by atoms with van der Waals surface area (Å²) in [5, 5.41) is 0. The summed E-state index contributed by atoms with van der Waals surface area (Å²) in [5.41, 5.74) is 1.34. The minimum atomic E-state index is -0.442. The van der Waals surface area contributed by atoms with Crippen molar-refractivity contribution in [3.8, 4) is 0 Å². The SMILES string of the molecule is CC(C)C1=C[C@H]2OC(C)(C)O[C@H]2C=C1. The van der Waals surface area contributed by atoms with Gasteiger partial charge in [-0.2, -0.15) is 0 Å². The van der Waals surface area contributed by atoms with Crippen molar-refractivity contribution >= 4 is 0 Å². The summed E-state index contributed by atoms with van der Waals surface area (Å²) in [4.78, 5) is 0. The Balaban J connectivity index is 2.17. The maximum absolute atomic E-state index is 5.78. The van der Waals surface area contributed by atoms with E-state index in [4.69, 9.17) is 9.47 Å². The van der Waals surface area contributed by atoms with Crippen LogP contribution in [0, 0.1) is 5.92 Å². The summed E-state index contributed by atoms with van der Waals surface area (Å²) in [6, 6.07) is 0. The lowest BCUT2D eigenvalue weighted by Gasteiger charge is -2.18. The Morgan fingerprint density at radius 2 is 1.86 bits per heavy atom. The Morgan fingerprint density at radius 3 is 2.50 bits per heavy atom. The molecule has 78 valence electrons. The van der Waals surface area contributed by atoms with Crippen LogP contribution in [0.1, 0.15) is 27.7 Å². The molecular weight excluding hydrogens is 176 g/mol. The van der Waals surface area contributed by atoms with Crippen LogP contribution < -0.4 is 0 Å². The normalized spacial score (nSPS) is 34.5. The third-order valence-corrected chi connectivity index (χ3v) is 2.67. The van der Waals surface area contributed by atoms with Crippen molar-refractivity contribution in [1.29, 1.82) is 0 Å². The lowest BCUT2D eigenvalue weighted by molar-refractivity contribution is -0.138. The van der Waals surface area contributed by atoms with E-state index in [0.717, 1.165) is 0 Å². The molecule has 0 saturated carbocycles. The fourth-order valence-corrected chi connectivity index (χ4v) is 1.93. The third kappa shape index (κ3) is 1.77. The minimum absolute atomic E-state index is 0.104. The number of ether oxygens (including phenoxy) is 2. The predicted octanol–water partition coefficient (Wildman–Crippen LogP) is 2.66. The topological polar surface area (TPSA) is 18.5 Å². The van der Waals surface area contributed by atoms with Crippen LogP contribution in [-0.2, 0) is 9.47 Å². The highest BCUT2D eigenvalue weighted by atomic mass is 16.7. The van der Waals surface area contributed by atoms with Crippen molar-refractivity contribution in [3.05, 3.63) is 23.8 Å². The highest BCUT2D eigenvalue weighted by Gasteiger charge is 2.40. The summed E-state index contributed by atoms with van der Waals surface area (Å²) in [6.45, 7) is 8.30. The standard InChI is InChI=1S/C12H18O2/c1-8(2)9-5-6-10-11(7-9)14-12(3,4)13-10/h5-8,10-11H,1-4H3/t10-,11+/m0/s1. The van der Waals surface area contributed by atoms with E-state index in [1.165, 1.54) is 5.57 Å². The second-order valence-corrected chi connectivity index (χ2v) is 4.75. The van der Waals surface area contributed by atoms with E-state index in [-0.39, 0.29) is 12.2 Å². The number of fused-ring (bicyclic) bond motifs is 1. The van der Waals surface area contributed by atoms with Gasteiger partial charge in [-0.05, 0) is 31.4 Å². The Bertz CT molecular complexity index is 287. The van der Waals surface area contributed by atoms with Gasteiger partial charge in [-0.25, -0.2) is 0 Å². The monoisotopic (exact) mass is 194 g/mol. The maximum Gasteiger partial charge on any atom is 0.164 e. The first-order valence-corrected chi connectivity index (χ1v) is 5.23. The van der Waals surface area contributed by atoms with Gasteiger partial charge in [0.2, 0.25) is 0 Å². The van der Waals surface area contributed by atoms with E-state index in [2.05, 4.69) is 32.1 Å². The highest BCUT2D eigenvalue weighted by Crippen LogP contribution is 2.33. The summed E-state index contributed by atoms with van der Waals surface area (Å²) in [6.07, 6.45) is 6.65. The molecule has 2 nitrogen and oxygen atoms in total. The van der Waals surface area contributed by atoms with Crippen LogP contribution in [0.15, 0.2) is 23.8 Å². The molecule has 1 heterocycles. The molecule has 1 fully saturated rings. The van der Waals surface area contributed by atoms with Crippen molar-refractivity contribution in [2.75, 3.05) is 0 Å². The van der Waals surface area contributed by atoms with Crippen LogP contribution in [0.25, 0.3) is 0 Å². The maximum atomic E-state index is 5.78. The summed E-state index contributed by atoms with van der Waals surface area (Å²) in [7, 11) is 0. The van der Waals surface area contributed by atoms with E-state index < -0.39 is 5.79 Å². The van der Waals surface area contributed by atoms with E-state index >= 15 is 0 Å². The molecule has 2 heteroatoms. The molecule has 0 radical (unpaired) electrons.